The van der Waals surface area contributed by atoms with Crippen LogP contribution in [0.25, 0.3) is 0 Å². The maximum absolute atomic E-state index is 12.9. The van der Waals surface area contributed by atoms with E-state index < -0.39 is 20.0 Å². The van der Waals surface area contributed by atoms with Crippen LogP contribution in [0.1, 0.15) is 39.5 Å². The van der Waals surface area contributed by atoms with Gasteiger partial charge in [-0.3, -0.25) is 4.72 Å². The largest absolute Gasteiger partial charge is 0.280 e. The summed E-state index contributed by atoms with van der Waals surface area (Å²) in [5.41, 5.74) is 0.316. The Bertz CT molecular complexity index is 933. The van der Waals surface area contributed by atoms with Crippen molar-refractivity contribution in [3.63, 3.8) is 0 Å². The fourth-order valence-electron chi connectivity index (χ4n) is 2.68. The summed E-state index contributed by atoms with van der Waals surface area (Å²) in [6, 6.07) is 13.9. The Morgan fingerprint density at radius 3 is 1.79 bits per heavy atom. The smallest absolute Gasteiger partial charge is 0.261 e. The molecule has 0 aliphatic heterocycles. The number of hydrogen-bond donors (Lipinski definition) is 1. The summed E-state index contributed by atoms with van der Waals surface area (Å²) in [7, 11) is -7.31. The van der Waals surface area contributed by atoms with Crippen LogP contribution in [0.2, 0.25) is 0 Å². The van der Waals surface area contributed by atoms with Crippen LogP contribution in [0.5, 0.6) is 0 Å². The van der Waals surface area contributed by atoms with Crippen molar-refractivity contribution >= 4 is 25.7 Å². The van der Waals surface area contributed by atoms with Crippen LogP contribution in [0.4, 0.5) is 5.69 Å². The molecule has 2 aromatic rings. The Labute approximate surface area is 168 Å². The molecule has 0 spiro atoms. The fourth-order valence-corrected chi connectivity index (χ4v) is 5.28. The van der Waals surface area contributed by atoms with Crippen LogP contribution < -0.4 is 4.72 Å². The first-order valence-corrected chi connectivity index (χ1v) is 12.4. The summed E-state index contributed by atoms with van der Waals surface area (Å²) >= 11 is 0. The summed E-state index contributed by atoms with van der Waals surface area (Å²) in [5.74, 6) is 0. The van der Waals surface area contributed by atoms with Crippen molar-refractivity contribution in [2.45, 2.75) is 49.3 Å². The number of benzene rings is 2. The maximum atomic E-state index is 12.9. The first-order chi connectivity index (χ1) is 13.3. The molecule has 0 bridgehead atoms. The molecule has 0 amide bonds. The molecular weight excluding hydrogens is 396 g/mol. The summed E-state index contributed by atoms with van der Waals surface area (Å²) in [5, 5.41) is 0. The van der Waals surface area contributed by atoms with E-state index >= 15 is 0 Å². The average molecular weight is 425 g/mol. The molecule has 0 heterocycles. The van der Waals surface area contributed by atoms with Gasteiger partial charge in [0.2, 0.25) is 10.0 Å². The summed E-state index contributed by atoms with van der Waals surface area (Å²) in [6.07, 6.45) is 3.44. The van der Waals surface area contributed by atoms with E-state index in [-0.39, 0.29) is 9.79 Å². The molecule has 8 heteroatoms. The highest BCUT2D eigenvalue weighted by atomic mass is 32.2. The summed E-state index contributed by atoms with van der Waals surface area (Å²) < 4.78 is 54.7. The van der Waals surface area contributed by atoms with Gasteiger partial charge in [-0.05, 0) is 49.2 Å². The number of unbranched alkanes of at least 4 members (excludes halogenated alkanes) is 2. The quantitative estimate of drug-likeness (QED) is 0.589. The predicted octanol–water partition coefficient (Wildman–Crippen LogP) is 4.08. The Morgan fingerprint density at radius 2 is 1.29 bits per heavy atom. The highest BCUT2D eigenvalue weighted by Gasteiger charge is 2.23. The standard InChI is InChI=1S/C20H28N2O4S2/c1-3-5-16-22(17-6-4-2)28(25,26)20-14-12-18(13-15-20)21-27(23,24)19-10-8-7-9-11-19/h7-15,21H,3-6,16-17H2,1-2H3. The molecule has 6 nitrogen and oxygen atoms in total. The number of sulfonamides is 2. The van der Waals surface area contributed by atoms with Gasteiger partial charge < -0.3 is 0 Å². The van der Waals surface area contributed by atoms with Crippen LogP contribution in [-0.4, -0.2) is 34.2 Å². The predicted molar refractivity (Wildman–Crippen MR) is 112 cm³/mol. The first-order valence-electron chi connectivity index (χ1n) is 9.49. The van der Waals surface area contributed by atoms with Crippen LogP contribution in [-0.2, 0) is 20.0 Å². The Morgan fingerprint density at radius 1 is 0.750 bits per heavy atom. The van der Waals surface area contributed by atoms with E-state index in [0.717, 1.165) is 25.7 Å². The Kier molecular flexibility index (Phi) is 8.03. The molecule has 0 radical (unpaired) electrons. The summed E-state index contributed by atoms with van der Waals surface area (Å²) in [6.45, 7) is 5.03. The Balaban J connectivity index is 2.20. The molecule has 2 aromatic carbocycles. The third kappa shape index (κ3) is 5.80. The van der Waals surface area contributed by atoms with Crippen LogP contribution in [0, 0.1) is 0 Å². The second-order valence-corrected chi connectivity index (χ2v) is 10.2. The molecule has 1 N–H and O–H groups in total. The normalized spacial score (nSPS) is 12.2. The van der Waals surface area contributed by atoms with Gasteiger partial charge in [0.1, 0.15) is 0 Å². The lowest BCUT2D eigenvalue weighted by atomic mass is 10.3. The van der Waals surface area contributed by atoms with Crippen molar-refractivity contribution in [1.29, 1.82) is 0 Å². The lowest BCUT2D eigenvalue weighted by Crippen LogP contribution is -2.33. The lowest BCUT2D eigenvalue weighted by molar-refractivity contribution is 0.395. The molecule has 154 valence electrons. The van der Waals surface area contributed by atoms with Crippen molar-refractivity contribution in [3.05, 3.63) is 54.6 Å². The van der Waals surface area contributed by atoms with Gasteiger partial charge in [-0.2, -0.15) is 4.31 Å². The lowest BCUT2D eigenvalue weighted by Gasteiger charge is -2.22. The third-order valence-corrected chi connectivity index (χ3v) is 7.63. The molecule has 0 aromatic heterocycles. The van der Waals surface area contributed by atoms with Crippen LogP contribution in [0.15, 0.2) is 64.4 Å². The maximum Gasteiger partial charge on any atom is 0.261 e. The van der Waals surface area contributed by atoms with Gasteiger partial charge in [0.05, 0.1) is 9.79 Å². The average Bonchev–Trinajstić information content (AvgIpc) is 2.68. The zero-order valence-electron chi connectivity index (χ0n) is 16.3. The number of anilines is 1. The van der Waals surface area contributed by atoms with Gasteiger partial charge in [-0.1, -0.05) is 44.9 Å². The van der Waals surface area contributed by atoms with Gasteiger partial charge in [-0.25, -0.2) is 16.8 Å². The molecule has 0 aliphatic rings. The molecule has 0 saturated carbocycles. The van der Waals surface area contributed by atoms with E-state index in [9.17, 15) is 16.8 Å². The van der Waals surface area contributed by atoms with Gasteiger partial charge in [0, 0.05) is 18.8 Å². The van der Waals surface area contributed by atoms with Gasteiger partial charge >= 0.3 is 0 Å². The molecule has 2 rings (SSSR count). The highest BCUT2D eigenvalue weighted by Crippen LogP contribution is 2.21. The molecule has 0 atom stereocenters. The topological polar surface area (TPSA) is 83.6 Å². The zero-order valence-corrected chi connectivity index (χ0v) is 18.0. The zero-order chi connectivity index (χ0) is 20.6. The minimum atomic E-state index is -3.71. The van der Waals surface area contributed by atoms with E-state index in [1.165, 1.54) is 40.7 Å². The number of nitrogens with one attached hydrogen (secondary N) is 1. The second kappa shape index (κ2) is 10.0. The number of rotatable bonds is 11. The fraction of sp³-hybridized carbons (Fsp3) is 0.400. The number of nitrogens with zero attached hydrogens (tertiary/aromatic N) is 1. The van der Waals surface area contributed by atoms with Crippen molar-refractivity contribution in [3.8, 4) is 0 Å². The van der Waals surface area contributed by atoms with Crippen molar-refractivity contribution in [2.24, 2.45) is 0 Å². The monoisotopic (exact) mass is 424 g/mol. The van der Waals surface area contributed by atoms with Gasteiger partial charge in [-0.15, -0.1) is 0 Å². The van der Waals surface area contributed by atoms with Crippen molar-refractivity contribution in [1.82, 2.24) is 4.31 Å². The molecule has 0 saturated heterocycles. The van der Waals surface area contributed by atoms with E-state index in [1.54, 1.807) is 18.2 Å². The molecule has 28 heavy (non-hydrogen) atoms. The highest BCUT2D eigenvalue weighted by molar-refractivity contribution is 7.92. The molecule has 0 fully saturated rings. The minimum Gasteiger partial charge on any atom is -0.280 e. The van der Waals surface area contributed by atoms with E-state index in [2.05, 4.69) is 4.72 Å². The van der Waals surface area contributed by atoms with E-state index in [4.69, 9.17) is 0 Å². The van der Waals surface area contributed by atoms with Gasteiger partial charge in [0.15, 0.2) is 0 Å². The number of hydrogen-bond acceptors (Lipinski definition) is 4. The van der Waals surface area contributed by atoms with Crippen molar-refractivity contribution in [2.75, 3.05) is 17.8 Å². The second-order valence-electron chi connectivity index (χ2n) is 6.55. The summed E-state index contributed by atoms with van der Waals surface area (Å²) in [4.78, 5) is 0.319. The SMILES string of the molecule is CCCCN(CCCC)S(=O)(=O)c1ccc(NS(=O)(=O)c2ccccc2)cc1. The Hall–Kier alpha value is -1.90. The minimum absolute atomic E-state index is 0.150. The van der Waals surface area contributed by atoms with Crippen LogP contribution in [0.3, 0.4) is 0 Å². The molecular formula is C20H28N2O4S2. The third-order valence-electron chi connectivity index (χ3n) is 4.32. The van der Waals surface area contributed by atoms with Crippen LogP contribution >= 0.6 is 0 Å². The van der Waals surface area contributed by atoms with Crippen molar-refractivity contribution < 1.29 is 16.8 Å². The molecule has 0 aliphatic carbocycles. The van der Waals surface area contributed by atoms with E-state index in [1.807, 2.05) is 13.8 Å². The van der Waals surface area contributed by atoms with Gasteiger partial charge in [0.25, 0.3) is 10.0 Å². The first kappa shape index (κ1) is 22.4. The van der Waals surface area contributed by atoms with E-state index in [0.29, 0.717) is 18.8 Å². The molecule has 0 unspecified atom stereocenters.